The molecule has 162 valence electrons. The standard InChI is InChI=1S/C23H28N6O2/c1-17-20-21(24-16-25-22(20)31-26-17)29-9-5-8-19(15-29)23(30)28-12-10-27(11-13-28)14-18-6-3-2-4-7-18/h2-4,6-7,16,19H,5,8-15H2,1H3/t19-/m0/s1. The third-order valence-electron chi connectivity index (χ3n) is 6.43. The number of benzene rings is 1. The highest BCUT2D eigenvalue weighted by Crippen LogP contribution is 2.30. The number of carbonyl (C=O) groups excluding carboxylic acids is 1. The van der Waals surface area contributed by atoms with Gasteiger partial charge in [-0.3, -0.25) is 9.69 Å². The molecule has 2 fully saturated rings. The van der Waals surface area contributed by atoms with Crippen LogP contribution in [0.2, 0.25) is 0 Å². The van der Waals surface area contributed by atoms with Gasteiger partial charge in [-0.15, -0.1) is 0 Å². The van der Waals surface area contributed by atoms with Crippen molar-refractivity contribution in [2.24, 2.45) is 5.92 Å². The van der Waals surface area contributed by atoms with Crippen LogP contribution in [0.1, 0.15) is 24.1 Å². The number of anilines is 1. The zero-order chi connectivity index (χ0) is 21.2. The van der Waals surface area contributed by atoms with Gasteiger partial charge in [0.1, 0.15) is 17.5 Å². The fourth-order valence-corrected chi connectivity index (χ4v) is 4.74. The summed E-state index contributed by atoms with van der Waals surface area (Å²) in [4.78, 5) is 28.7. The summed E-state index contributed by atoms with van der Waals surface area (Å²) >= 11 is 0. The van der Waals surface area contributed by atoms with Gasteiger partial charge in [0, 0.05) is 45.8 Å². The molecule has 8 nitrogen and oxygen atoms in total. The number of piperidine rings is 1. The molecule has 1 atom stereocenters. The second-order valence-corrected chi connectivity index (χ2v) is 8.52. The summed E-state index contributed by atoms with van der Waals surface area (Å²) < 4.78 is 5.29. The Bertz CT molecular complexity index is 1040. The maximum Gasteiger partial charge on any atom is 0.263 e. The topological polar surface area (TPSA) is 78.6 Å². The van der Waals surface area contributed by atoms with Gasteiger partial charge in [-0.1, -0.05) is 35.5 Å². The summed E-state index contributed by atoms with van der Waals surface area (Å²) in [6.07, 6.45) is 3.41. The lowest BCUT2D eigenvalue weighted by molar-refractivity contribution is -0.137. The van der Waals surface area contributed by atoms with E-state index in [1.807, 2.05) is 13.0 Å². The highest BCUT2D eigenvalue weighted by molar-refractivity contribution is 5.88. The van der Waals surface area contributed by atoms with E-state index in [2.05, 4.69) is 54.1 Å². The van der Waals surface area contributed by atoms with Crippen LogP contribution in [0.4, 0.5) is 5.82 Å². The van der Waals surface area contributed by atoms with Crippen LogP contribution < -0.4 is 4.90 Å². The van der Waals surface area contributed by atoms with Crippen LogP contribution >= 0.6 is 0 Å². The first kappa shape index (κ1) is 19.9. The Morgan fingerprint density at radius 2 is 1.90 bits per heavy atom. The number of hydrogen-bond donors (Lipinski definition) is 0. The minimum absolute atomic E-state index is 0.000366. The number of fused-ring (bicyclic) bond motifs is 1. The molecule has 4 heterocycles. The van der Waals surface area contributed by atoms with Gasteiger partial charge in [-0.05, 0) is 25.3 Å². The van der Waals surface area contributed by atoms with Crippen molar-refractivity contribution in [2.45, 2.75) is 26.3 Å². The van der Waals surface area contributed by atoms with Crippen LogP contribution in [0.3, 0.4) is 0 Å². The van der Waals surface area contributed by atoms with E-state index in [0.29, 0.717) is 12.3 Å². The van der Waals surface area contributed by atoms with Crippen molar-refractivity contribution in [3.8, 4) is 0 Å². The number of amides is 1. The number of aromatic nitrogens is 3. The molecule has 2 aliphatic heterocycles. The molecule has 2 saturated heterocycles. The molecular formula is C23H28N6O2. The molecule has 0 unspecified atom stereocenters. The SMILES string of the molecule is Cc1noc2ncnc(N3CCC[C@H](C(=O)N4CCN(Cc5ccccc5)CC4)C3)c12. The molecule has 0 saturated carbocycles. The predicted molar refractivity (Wildman–Crippen MR) is 118 cm³/mol. The lowest BCUT2D eigenvalue weighted by Gasteiger charge is -2.39. The van der Waals surface area contributed by atoms with Crippen molar-refractivity contribution in [3.63, 3.8) is 0 Å². The summed E-state index contributed by atoms with van der Waals surface area (Å²) in [5.74, 6) is 1.10. The van der Waals surface area contributed by atoms with Gasteiger partial charge >= 0.3 is 0 Å². The molecule has 0 aliphatic carbocycles. The average Bonchev–Trinajstić information content (AvgIpc) is 3.21. The summed E-state index contributed by atoms with van der Waals surface area (Å²) in [6.45, 7) is 7.84. The second-order valence-electron chi connectivity index (χ2n) is 8.52. The van der Waals surface area contributed by atoms with Crippen LogP contribution in [0.15, 0.2) is 41.2 Å². The number of hydrogen-bond acceptors (Lipinski definition) is 7. The highest BCUT2D eigenvalue weighted by atomic mass is 16.5. The number of nitrogens with zero attached hydrogens (tertiary/aromatic N) is 6. The average molecular weight is 421 g/mol. The fraction of sp³-hybridized carbons (Fsp3) is 0.478. The third-order valence-corrected chi connectivity index (χ3v) is 6.43. The molecule has 2 aromatic heterocycles. The lowest BCUT2D eigenvalue weighted by Crippen LogP contribution is -2.52. The number of aryl methyl sites for hydroxylation is 1. The first-order chi connectivity index (χ1) is 15.2. The van der Waals surface area contributed by atoms with E-state index in [-0.39, 0.29) is 11.8 Å². The minimum Gasteiger partial charge on any atom is -0.355 e. The Morgan fingerprint density at radius 1 is 1.10 bits per heavy atom. The highest BCUT2D eigenvalue weighted by Gasteiger charge is 2.32. The van der Waals surface area contributed by atoms with Crippen molar-refractivity contribution < 1.29 is 9.32 Å². The van der Waals surface area contributed by atoms with Crippen molar-refractivity contribution in [1.29, 1.82) is 0 Å². The molecule has 31 heavy (non-hydrogen) atoms. The second kappa shape index (κ2) is 8.63. The van der Waals surface area contributed by atoms with Gasteiger partial charge in [0.05, 0.1) is 11.6 Å². The minimum atomic E-state index is -0.000366. The molecule has 0 N–H and O–H groups in total. The van der Waals surface area contributed by atoms with Gasteiger partial charge in [-0.25, -0.2) is 4.98 Å². The Balaban J connectivity index is 1.22. The van der Waals surface area contributed by atoms with Gasteiger partial charge in [0.2, 0.25) is 5.91 Å². The number of carbonyl (C=O) groups is 1. The van der Waals surface area contributed by atoms with E-state index in [1.165, 1.54) is 11.9 Å². The van der Waals surface area contributed by atoms with E-state index in [9.17, 15) is 4.79 Å². The van der Waals surface area contributed by atoms with E-state index >= 15 is 0 Å². The normalized spacial score (nSPS) is 20.4. The lowest BCUT2D eigenvalue weighted by atomic mass is 9.96. The monoisotopic (exact) mass is 420 g/mol. The molecule has 3 aromatic rings. The quantitative estimate of drug-likeness (QED) is 0.642. The van der Waals surface area contributed by atoms with E-state index in [1.54, 1.807) is 0 Å². The molecular weight excluding hydrogens is 392 g/mol. The summed E-state index contributed by atoms with van der Waals surface area (Å²) in [6, 6.07) is 10.5. The summed E-state index contributed by atoms with van der Waals surface area (Å²) in [7, 11) is 0. The molecule has 5 rings (SSSR count). The first-order valence-corrected chi connectivity index (χ1v) is 11.1. The van der Waals surface area contributed by atoms with Crippen molar-refractivity contribution in [1.82, 2.24) is 24.9 Å². The van der Waals surface area contributed by atoms with E-state index in [4.69, 9.17) is 4.52 Å². The van der Waals surface area contributed by atoms with Gasteiger partial charge in [0.15, 0.2) is 0 Å². The Labute approximate surface area is 181 Å². The van der Waals surface area contributed by atoms with Crippen molar-refractivity contribution in [2.75, 3.05) is 44.2 Å². The molecule has 0 spiro atoms. The molecule has 0 radical (unpaired) electrons. The zero-order valence-electron chi connectivity index (χ0n) is 17.9. The molecule has 2 aliphatic rings. The zero-order valence-corrected chi connectivity index (χ0v) is 17.9. The van der Waals surface area contributed by atoms with Crippen LogP contribution in [0.25, 0.3) is 11.1 Å². The van der Waals surface area contributed by atoms with Gasteiger partial charge in [-0.2, -0.15) is 4.98 Å². The predicted octanol–water partition coefficient (Wildman–Crippen LogP) is 2.49. The smallest absolute Gasteiger partial charge is 0.263 e. The van der Waals surface area contributed by atoms with E-state index < -0.39 is 0 Å². The maximum atomic E-state index is 13.3. The van der Waals surface area contributed by atoms with Crippen LogP contribution in [0.5, 0.6) is 0 Å². The Hall–Kier alpha value is -3.00. The van der Waals surface area contributed by atoms with Gasteiger partial charge in [0.25, 0.3) is 5.71 Å². The first-order valence-electron chi connectivity index (χ1n) is 11.1. The molecule has 1 amide bonds. The third kappa shape index (κ3) is 4.12. The molecule has 1 aromatic carbocycles. The summed E-state index contributed by atoms with van der Waals surface area (Å²) in [5.41, 5.74) is 2.62. The summed E-state index contributed by atoms with van der Waals surface area (Å²) in [5, 5.41) is 4.88. The molecule has 8 heteroatoms. The van der Waals surface area contributed by atoms with Crippen molar-refractivity contribution in [3.05, 3.63) is 47.9 Å². The fourth-order valence-electron chi connectivity index (χ4n) is 4.74. The van der Waals surface area contributed by atoms with Gasteiger partial charge < -0.3 is 14.3 Å². The Morgan fingerprint density at radius 3 is 2.71 bits per heavy atom. The van der Waals surface area contributed by atoms with Crippen LogP contribution in [-0.2, 0) is 11.3 Å². The van der Waals surface area contributed by atoms with Crippen LogP contribution in [0, 0.1) is 12.8 Å². The largest absolute Gasteiger partial charge is 0.355 e. The van der Waals surface area contributed by atoms with E-state index in [0.717, 1.165) is 69.0 Å². The van der Waals surface area contributed by atoms with Crippen LogP contribution in [-0.4, -0.2) is 70.1 Å². The maximum absolute atomic E-state index is 13.3. The number of piperazine rings is 1. The molecule has 0 bridgehead atoms. The number of rotatable bonds is 4. The van der Waals surface area contributed by atoms with Crippen molar-refractivity contribution >= 4 is 22.8 Å². The Kier molecular flexibility index (Phi) is 5.55.